The highest BCUT2D eigenvalue weighted by Gasteiger charge is 2.35. The van der Waals surface area contributed by atoms with Gasteiger partial charge in [0.2, 0.25) is 5.91 Å². The first-order chi connectivity index (χ1) is 11.2. The molecule has 126 valence electrons. The molecule has 1 saturated heterocycles. The third-order valence-corrected chi connectivity index (χ3v) is 4.98. The molecule has 1 aliphatic heterocycles. The van der Waals surface area contributed by atoms with E-state index in [0.717, 1.165) is 19.4 Å². The summed E-state index contributed by atoms with van der Waals surface area (Å²) in [6.07, 6.45) is 10.9. The lowest BCUT2D eigenvalue weighted by molar-refractivity contribution is -0.129. The molecule has 0 bridgehead atoms. The molecule has 2 heterocycles. The van der Waals surface area contributed by atoms with Crippen LogP contribution in [0.3, 0.4) is 0 Å². The van der Waals surface area contributed by atoms with Crippen LogP contribution in [0.2, 0.25) is 0 Å². The minimum atomic E-state index is -0.134. The van der Waals surface area contributed by atoms with Crippen molar-refractivity contribution in [1.82, 2.24) is 20.0 Å². The zero-order valence-corrected chi connectivity index (χ0v) is 13.8. The molecule has 1 N–H and O–H groups in total. The summed E-state index contributed by atoms with van der Waals surface area (Å²) in [5.74, 6) is 0.0525. The van der Waals surface area contributed by atoms with E-state index in [2.05, 4.69) is 10.4 Å². The number of hydrogen-bond donors (Lipinski definition) is 1. The molecule has 2 amide bonds. The Morgan fingerprint density at radius 1 is 1.30 bits per heavy atom. The number of amides is 2. The van der Waals surface area contributed by atoms with E-state index in [9.17, 15) is 9.59 Å². The Morgan fingerprint density at radius 2 is 2.04 bits per heavy atom. The van der Waals surface area contributed by atoms with Crippen LogP contribution >= 0.6 is 0 Å². The smallest absolute Gasteiger partial charge is 0.254 e. The Balaban J connectivity index is 1.57. The molecule has 23 heavy (non-hydrogen) atoms. The van der Waals surface area contributed by atoms with Gasteiger partial charge in [-0.25, -0.2) is 0 Å². The van der Waals surface area contributed by atoms with Crippen molar-refractivity contribution in [1.29, 1.82) is 0 Å². The highest BCUT2D eigenvalue weighted by Crippen LogP contribution is 2.25. The number of carbonyl (C=O) groups excluding carboxylic acids is 2. The fraction of sp³-hybridized carbons (Fsp3) is 0.706. The molecule has 6 nitrogen and oxygen atoms in total. The van der Waals surface area contributed by atoms with E-state index in [-0.39, 0.29) is 17.9 Å². The van der Waals surface area contributed by atoms with Gasteiger partial charge in [-0.1, -0.05) is 25.7 Å². The predicted octanol–water partition coefficient (Wildman–Crippen LogP) is 1.96. The highest BCUT2D eigenvalue weighted by molar-refractivity contribution is 5.94. The van der Waals surface area contributed by atoms with Crippen molar-refractivity contribution >= 4 is 11.8 Å². The molecule has 0 spiro atoms. The fourth-order valence-electron chi connectivity index (χ4n) is 3.67. The molecule has 0 unspecified atom stereocenters. The summed E-state index contributed by atoms with van der Waals surface area (Å²) < 4.78 is 1.73. The monoisotopic (exact) mass is 318 g/mol. The molecule has 1 aromatic rings. The van der Waals surface area contributed by atoms with Crippen molar-refractivity contribution in [2.45, 2.75) is 70.5 Å². The fourth-order valence-corrected chi connectivity index (χ4v) is 3.67. The van der Waals surface area contributed by atoms with E-state index >= 15 is 0 Å². The first kappa shape index (κ1) is 16.0. The Morgan fingerprint density at radius 3 is 2.70 bits per heavy atom. The molecule has 2 fully saturated rings. The molecule has 1 aliphatic carbocycles. The third kappa shape index (κ3) is 3.74. The van der Waals surface area contributed by atoms with Crippen LogP contribution in [0.1, 0.15) is 62.2 Å². The van der Waals surface area contributed by atoms with Gasteiger partial charge >= 0.3 is 0 Å². The van der Waals surface area contributed by atoms with Gasteiger partial charge in [0.25, 0.3) is 5.91 Å². The molecule has 6 heteroatoms. The van der Waals surface area contributed by atoms with Gasteiger partial charge in [-0.15, -0.1) is 0 Å². The summed E-state index contributed by atoms with van der Waals surface area (Å²) in [7, 11) is 0. The van der Waals surface area contributed by atoms with Crippen LogP contribution in [0.25, 0.3) is 0 Å². The van der Waals surface area contributed by atoms with Gasteiger partial charge in [0.15, 0.2) is 0 Å². The molecule has 0 radical (unpaired) electrons. The summed E-state index contributed by atoms with van der Waals surface area (Å²) in [5.41, 5.74) is 0.562. The summed E-state index contributed by atoms with van der Waals surface area (Å²) in [6.45, 7) is 3.37. The molecule has 0 aromatic carbocycles. The molecular weight excluding hydrogens is 292 g/mol. The van der Waals surface area contributed by atoms with Crippen LogP contribution < -0.4 is 5.32 Å². The van der Waals surface area contributed by atoms with Crippen LogP contribution in [0.15, 0.2) is 12.4 Å². The number of nitrogens with zero attached hydrogens (tertiary/aromatic N) is 3. The number of hydrogen-bond acceptors (Lipinski definition) is 3. The topological polar surface area (TPSA) is 67.2 Å². The number of aryl methyl sites for hydroxylation is 1. The molecule has 1 saturated carbocycles. The highest BCUT2D eigenvalue weighted by atomic mass is 16.2. The van der Waals surface area contributed by atoms with E-state index < -0.39 is 0 Å². The molecule has 1 atom stereocenters. The van der Waals surface area contributed by atoms with Crippen molar-refractivity contribution in [3.8, 4) is 0 Å². The van der Waals surface area contributed by atoms with Gasteiger partial charge in [-0.05, 0) is 19.8 Å². The maximum Gasteiger partial charge on any atom is 0.254 e. The van der Waals surface area contributed by atoms with Gasteiger partial charge in [-0.3, -0.25) is 14.3 Å². The normalized spacial score (nSPS) is 23.1. The summed E-state index contributed by atoms with van der Waals surface area (Å²) in [4.78, 5) is 26.6. The Hall–Kier alpha value is -1.85. The number of likely N-dealkylation sites (tertiary alicyclic amines) is 1. The second-order valence-electron chi connectivity index (χ2n) is 6.65. The van der Waals surface area contributed by atoms with E-state index in [1.807, 2.05) is 11.8 Å². The third-order valence-electron chi connectivity index (χ3n) is 4.98. The van der Waals surface area contributed by atoms with Gasteiger partial charge in [0.05, 0.1) is 17.8 Å². The summed E-state index contributed by atoms with van der Waals surface area (Å²) >= 11 is 0. The second kappa shape index (κ2) is 7.15. The van der Waals surface area contributed by atoms with Crippen molar-refractivity contribution in [3.63, 3.8) is 0 Å². The van der Waals surface area contributed by atoms with Crippen molar-refractivity contribution in [2.75, 3.05) is 6.54 Å². The van der Waals surface area contributed by atoms with Crippen LogP contribution in [0.4, 0.5) is 0 Å². The second-order valence-corrected chi connectivity index (χ2v) is 6.65. The average Bonchev–Trinajstić information content (AvgIpc) is 3.06. The molecule has 1 aromatic heterocycles. The molecule has 3 rings (SSSR count). The first-order valence-electron chi connectivity index (χ1n) is 8.80. The van der Waals surface area contributed by atoms with Gasteiger partial charge in [0, 0.05) is 31.7 Å². The van der Waals surface area contributed by atoms with Gasteiger partial charge in [-0.2, -0.15) is 5.10 Å². The summed E-state index contributed by atoms with van der Waals surface area (Å²) in [6, 6.07) is 0.290. The zero-order valence-electron chi connectivity index (χ0n) is 13.8. The maximum absolute atomic E-state index is 12.3. The first-order valence-corrected chi connectivity index (χ1v) is 8.80. The Labute approximate surface area is 137 Å². The van der Waals surface area contributed by atoms with Crippen LogP contribution in [0, 0.1) is 0 Å². The van der Waals surface area contributed by atoms with Gasteiger partial charge in [0.1, 0.15) is 0 Å². The quantitative estimate of drug-likeness (QED) is 0.863. The zero-order chi connectivity index (χ0) is 16.2. The van der Waals surface area contributed by atoms with Crippen LogP contribution in [-0.2, 0) is 11.3 Å². The standard InChI is InChI=1S/C17H26N4O2/c1-2-20-11-13(10-18-20)17(23)19-14-9-16(22)21(12-14)15-7-5-3-4-6-8-15/h10-11,14-15H,2-9,12H2,1H3,(H,19,23)/t14-/m0/s1. The lowest BCUT2D eigenvalue weighted by Gasteiger charge is -2.27. The lowest BCUT2D eigenvalue weighted by Crippen LogP contribution is -2.40. The minimum Gasteiger partial charge on any atom is -0.347 e. The SMILES string of the molecule is CCn1cc(C(=O)N[C@H]2CC(=O)N(C3CCCCCC3)C2)cn1. The Bertz CT molecular complexity index is 561. The predicted molar refractivity (Wildman–Crippen MR) is 87.0 cm³/mol. The van der Waals surface area contributed by atoms with Crippen LogP contribution in [-0.4, -0.2) is 45.1 Å². The molecular formula is C17H26N4O2. The summed E-state index contributed by atoms with van der Waals surface area (Å²) in [5, 5.41) is 7.12. The maximum atomic E-state index is 12.3. The molecule has 2 aliphatic rings. The Kier molecular flexibility index (Phi) is 4.98. The number of aromatic nitrogens is 2. The minimum absolute atomic E-state index is 0.0803. The van der Waals surface area contributed by atoms with Crippen molar-refractivity contribution < 1.29 is 9.59 Å². The van der Waals surface area contributed by atoms with E-state index in [4.69, 9.17) is 0 Å². The number of rotatable bonds is 4. The van der Waals surface area contributed by atoms with Crippen LogP contribution in [0.5, 0.6) is 0 Å². The van der Waals surface area contributed by atoms with E-state index in [0.29, 0.717) is 24.6 Å². The average molecular weight is 318 g/mol. The lowest BCUT2D eigenvalue weighted by atomic mass is 10.1. The van der Waals surface area contributed by atoms with Gasteiger partial charge < -0.3 is 10.2 Å². The number of carbonyl (C=O) groups is 2. The van der Waals surface area contributed by atoms with Crippen molar-refractivity contribution in [3.05, 3.63) is 18.0 Å². The number of nitrogens with one attached hydrogen (secondary N) is 1. The van der Waals surface area contributed by atoms with E-state index in [1.165, 1.54) is 25.7 Å². The largest absolute Gasteiger partial charge is 0.347 e. The van der Waals surface area contributed by atoms with E-state index in [1.54, 1.807) is 17.1 Å². The van der Waals surface area contributed by atoms with Crippen molar-refractivity contribution in [2.24, 2.45) is 0 Å².